The number of anilines is 1. The lowest BCUT2D eigenvalue weighted by Gasteiger charge is -2.14. The number of benzene rings is 1. The van der Waals surface area contributed by atoms with Gasteiger partial charge in [0.25, 0.3) is 0 Å². The highest BCUT2D eigenvalue weighted by atomic mass is 14.9. The molecule has 2 rings (SSSR count). The van der Waals surface area contributed by atoms with Crippen molar-refractivity contribution in [3.05, 3.63) is 35.5 Å². The van der Waals surface area contributed by atoms with Crippen molar-refractivity contribution in [3.63, 3.8) is 0 Å². The highest BCUT2D eigenvalue weighted by Crippen LogP contribution is 2.29. The van der Waals surface area contributed by atoms with Gasteiger partial charge in [-0.2, -0.15) is 5.26 Å². The van der Waals surface area contributed by atoms with E-state index in [0.29, 0.717) is 11.5 Å². The third kappa shape index (κ3) is 2.75. The molecule has 1 aromatic carbocycles. The van der Waals surface area contributed by atoms with E-state index in [4.69, 9.17) is 0 Å². The third-order valence-corrected chi connectivity index (χ3v) is 3.75. The van der Waals surface area contributed by atoms with Crippen LogP contribution in [0, 0.1) is 11.3 Å². The molecule has 0 saturated carbocycles. The topological polar surface area (TPSA) is 48.7 Å². The molecule has 104 valence electrons. The normalized spacial score (nSPS) is 12.1. The number of pyridine rings is 1. The third-order valence-electron chi connectivity index (χ3n) is 3.75. The molecule has 0 fully saturated rings. The van der Waals surface area contributed by atoms with Crippen LogP contribution in [0.15, 0.2) is 24.4 Å². The van der Waals surface area contributed by atoms with E-state index >= 15 is 0 Å². The molecule has 0 aliphatic rings. The van der Waals surface area contributed by atoms with Gasteiger partial charge in [0.15, 0.2) is 0 Å². The van der Waals surface area contributed by atoms with E-state index < -0.39 is 0 Å². The summed E-state index contributed by atoms with van der Waals surface area (Å²) in [7, 11) is 0. The smallest absolute Gasteiger partial charge is 0.103 e. The molecule has 0 amide bonds. The molecule has 0 aliphatic heterocycles. The monoisotopic (exact) mass is 267 g/mol. The Kier molecular flexibility index (Phi) is 4.57. The number of nitriles is 1. The van der Waals surface area contributed by atoms with Gasteiger partial charge < -0.3 is 5.32 Å². The van der Waals surface area contributed by atoms with Gasteiger partial charge in [0.05, 0.1) is 16.8 Å². The Morgan fingerprint density at radius 2 is 2.15 bits per heavy atom. The summed E-state index contributed by atoms with van der Waals surface area (Å²) < 4.78 is 0. The molecule has 1 N–H and O–H groups in total. The van der Waals surface area contributed by atoms with Crippen LogP contribution in [0.2, 0.25) is 0 Å². The fourth-order valence-electron chi connectivity index (χ4n) is 2.28. The molecule has 3 nitrogen and oxygen atoms in total. The maximum atomic E-state index is 9.27. The Morgan fingerprint density at radius 1 is 1.35 bits per heavy atom. The number of hydrogen-bond acceptors (Lipinski definition) is 3. The van der Waals surface area contributed by atoms with Crippen molar-refractivity contribution in [1.82, 2.24) is 4.98 Å². The summed E-state index contributed by atoms with van der Waals surface area (Å²) in [6, 6.07) is 8.60. The van der Waals surface area contributed by atoms with Gasteiger partial charge in [-0.1, -0.05) is 26.8 Å². The van der Waals surface area contributed by atoms with Crippen LogP contribution < -0.4 is 5.32 Å². The van der Waals surface area contributed by atoms with E-state index in [2.05, 4.69) is 55.3 Å². The van der Waals surface area contributed by atoms with Gasteiger partial charge in [0.1, 0.15) is 6.07 Å². The lowest BCUT2D eigenvalue weighted by atomic mass is 9.96. The maximum absolute atomic E-state index is 9.27. The number of nitrogens with one attached hydrogen (secondary N) is 1. The van der Waals surface area contributed by atoms with Gasteiger partial charge in [0.2, 0.25) is 0 Å². The van der Waals surface area contributed by atoms with Crippen LogP contribution in [0.4, 0.5) is 5.69 Å². The molecule has 3 heteroatoms. The predicted molar refractivity (Wildman–Crippen MR) is 83.9 cm³/mol. The largest absolute Gasteiger partial charge is 0.383 e. The second-order valence-corrected chi connectivity index (χ2v) is 5.17. The number of rotatable bonds is 5. The molecule has 0 radical (unpaired) electrons. The predicted octanol–water partition coefficient (Wildman–Crippen LogP) is 4.44. The van der Waals surface area contributed by atoms with Gasteiger partial charge in [-0.25, -0.2) is 0 Å². The first-order valence-electron chi connectivity index (χ1n) is 7.27. The van der Waals surface area contributed by atoms with Gasteiger partial charge in [-0.3, -0.25) is 4.98 Å². The Bertz CT molecular complexity index is 640. The minimum atomic E-state index is 0.518. The molecule has 1 aromatic heterocycles. The fourth-order valence-corrected chi connectivity index (χ4v) is 2.28. The molecule has 20 heavy (non-hydrogen) atoms. The molecular formula is C17H21N3. The van der Waals surface area contributed by atoms with Crippen molar-refractivity contribution >= 4 is 16.6 Å². The Balaban J connectivity index is 2.60. The summed E-state index contributed by atoms with van der Waals surface area (Å²) in [6.07, 6.45) is 3.79. The summed E-state index contributed by atoms with van der Waals surface area (Å²) >= 11 is 0. The number of hydrogen-bond donors (Lipinski definition) is 1. The summed E-state index contributed by atoms with van der Waals surface area (Å²) in [5, 5.41) is 13.7. The van der Waals surface area contributed by atoms with E-state index in [9.17, 15) is 5.26 Å². The van der Waals surface area contributed by atoms with Crippen LogP contribution >= 0.6 is 0 Å². The van der Waals surface area contributed by atoms with Crippen LogP contribution in [-0.4, -0.2) is 11.5 Å². The zero-order valence-electron chi connectivity index (χ0n) is 12.4. The average Bonchev–Trinajstić information content (AvgIpc) is 2.50. The summed E-state index contributed by atoms with van der Waals surface area (Å²) in [6.45, 7) is 7.39. The summed E-state index contributed by atoms with van der Waals surface area (Å²) in [5.74, 6) is 0.518. The lowest BCUT2D eigenvalue weighted by molar-refractivity contribution is 0.734. The quantitative estimate of drug-likeness (QED) is 0.871. The van der Waals surface area contributed by atoms with Gasteiger partial charge in [-0.05, 0) is 36.5 Å². The van der Waals surface area contributed by atoms with Gasteiger partial charge >= 0.3 is 0 Å². The van der Waals surface area contributed by atoms with Crippen LogP contribution in [0.1, 0.15) is 50.7 Å². The van der Waals surface area contributed by atoms with Crippen molar-refractivity contribution in [2.45, 2.75) is 39.5 Å². The maximum Gasteiger partial charge on any atom is 0.103 e. The summed E-state index contributed by atoms with van der Waals surface area (Å²) in [5.41, 5.74) is 3.78. The van der Waals surface area contributed by atoms with Crippen LogP contribution in [0.3, 0.4) is 0 Å². The van der Waals surface area contributed by atoms with E-state index in [-0.39, 0.29) is 0 Å². The second-order valence-electron chi connectivity index (χ2n) is 5.17. The number of fused-ring (bicyclic) bond motifs is 1. The lowest BCUT2D eigenvalue weighted by Crippen LogP contribution is -2.04. The first-order chi connectivity index (χ1) is 9.71. The number of nitrogens with zero attached hydrogens (tertiary/aromatic N) is 2. The van der Waals surface area contributed by atoms with Crippen LogP contribution in [0.5, 0.6) is 0 Å². The average molecular weight is 267 g/mol. The molecule has 0 bridgehead atoms. The SMILES string of the molecule is CCCNc1c(C#N)cnc2ccc(C(C)CC)cc12. The van der Waals surface area contributed by atoms with Gasteiger partial charge in [-0.15, -0.1) is 0 Å². The molecular weight excluding hydrogens is 246 g/mol. The summed E-state index contributed by atoms with van der Waals surface area (Å²) in [4.78, 5) is 4.38. The van der Waals surface area contributed by atoms with E-state index in [0.717, 1.165) is 36.0 Å². The molecule has 2 aromatic rings. The highest BCUT2D eigenvalue weighted by Gasteiger charge is 2.11. The van der Waals surface area contributed by atoms with E-state index in [1.165, 1.54) is 5.56 Å². The van der Waals surface area contributed by atoms with E-state index in [1.807, 2.05) is 0 Å². The standard InChI is InChI=1S/C17H21N3/c1-4-8-19-17-14(10-18)11-20-16-7-6-13(9-15(16)17)12(3)5-2/h6-7,9,11-12H,4-5,8H2,1-3H3,(H,19,20). The van der Waals surface area contributed by atoms with Crippen molar-refractivity contribution < 1.29 is 0 Å². The zero-order chi connectivity index (χ0) is 14.5. The van der Waals surface area contributed by atoms with Crippen molar-refractivity contribution in [3.8, 4) is 6.07 Å². The molecule has 0 spiro atoms. The van der Waals surface area contributed by atoms with Crippen LogP contribution in [-0.2, 0) is 0 Å². The highest BCUT2D eigenvalue weighted by molar-refractivity contribution is 5.94. The zero-order valence-corrected chi connectivity index (χ0v) is 12.4. The van der Waals surface area contributed by atoms with Crippen molar-refractivity contribution in [2.24, 2.45) is 0 Å². The molecule has 1 atom stereocenters. The second kappa shape index (κ2) is 6.38. The van der Waals surface area contributed by atoms with Crippen LogP contribution in [0.25, 0.3) is 10.9 Å². The first kappa shape index (κ1) is 14.3. The molecule has 1 unspecified atom stereocenters. The first-order valence-corrected chi connectivity index (χ1v) is 7.27. The van der Waals surface area contributed by atoms with E-state index in [1.54, 1.807) is 6.20 Å². The molecule has 0 saturated heterocycles. The minimum Gasteiger partial charge on any atom is -0.383 e. The minimum absolute atomic E-state index is 0.518. The van der Waals surface area contributed by atoms with Gasteiger partial charge in [0, 0.05) is 18.1 Å². The van der Waals surface area contributed by atoms with Crippen molar-refractivity contribution in [2.75, 3.05) is 11.9 Å². The Hall–Kier alpha value is -2.08. The molecule has 0 aliphatic carbocycles. The fraction of sp³-hybridized carbons (Fsp3) is 0.412. The van der Waals surface area contributed by atoms with Crippen molar-refractivity contribution in [1.29, 1.82) is 5.26 Å². The Labute approximate surface area is 120 Å². The number of aromatic nitrogens is 1. The Morgan fingerprint density at radius 3 is 2.80 bits per heavy atom. The molecule has 1 heterocycles.